The first-order valence-electron chi connectivity index (χ1n) is 6.19. The number of aryl methyl sites for hydroxylation is 2. The number of carboxylic acid groups (broad SMARTS) is 1. The van der Waals surface area contributed by atoms with Crippen molar-refractivity contribution in [2.24, 2.45) is 0 Å². The number of nitrogens with zero attached hydrogens (tertiary/aromatic N) is 1. The molecule has 0 radical (unpaired) electrons. The van der Waals surface area contributed by atoms with Gasteiger partial charge in [-0.1, -0.05) is 19.1 Å². The molecule has 2 aromatic rings. The first kappa shape index (κ1) is 13.5. The number of hydrogen-bond donors (Lipinski definition) is 2. The molecule has 0 bridgehead atoms. The maximum Gasteiger partial charge on any atom is 0.303 e. The van der Waals surface area contributed by atoms with Crippen molar-refractivity contribution in [3.8, 4) is 0 Å². The lowest BCUT2D eigenvalue weighted by Gasteiger charge is -2.04. The summed E-state index contributed by atoms with van der Waals surface area (Å²) in [6.45, 7) is 2.12. The Kier molecular flexibility index (Phi) is 4.52. The van der Waals surface area contributed by atoms with Crippen LogP contribution in [0.3, 0.4) is 0 Å². The maximum absolute atomic E-state index is 10.5. The Bertz CT molecular complexity index is 566. The van der Waals surface area contributed by atoms with E-state index in [1.165, 1.54) is 16.9 Å². The Labute approximate surface area is 116 Å². The highest BCUT2D eigenvalue weighted by atomic mass is 32.1. The predicted molar refractivity (Wildman–Crippen MR) is 77.2 cm³/mol. The number of hydrogen-bond acceptors (Lipinski definition) is 4. The molecule has 5 heteroatoms. The largest absolute Gasteiger partial charge is 0.481 e. The minimum atomic E-state index is -0.793. The number of aliphatic carboxylic acids is 1. The quantitative estimate of drug-likeness (QED) is 0.848. The molecule has 0 aliphatic heterocycles. The number of anilines is 2. The van der Waals surface area contributed by atoms with Crippen molar-refractivity contribution in [3.05, 3.63) is 40.9 Å². The minimum Gasteiger partial charge on any atom is -0.481 e. The van der Waals surface area contributed by atoms with E-state index in [9.17, 15) is 4.79 Å². The van der Waals surface area contributed by atoms with Gasteiger partial charge in [0.05, 0.1) is 12.1 Å². The lowest BCUT2D eigenvalue weighted by Crippen LogP contribution is -1.98. The van der Waals surface area contributed by atoms with E-state index in [-0.39, 0.29) is 6.42 Å². The monoisotopic (exact) mass is 276 g/mol. The summed E-state index contributed by atoms with van der Waals surface area (Å²) in [4.78, 5) is 14.9. The van der Waals surface area contributed by atoms with Gasteiger partial charge in [0.2, 0.25) is 0 Å². The third-order valence-corrected chi connectivity index (χ3v) is 3.54. The molecule has 0 amide bonds. The SMILES string of the molecule is CCc1cccc(Nc2nc(CCC(=O)O)cs2)c1. The molecule has 0 atom stereocenters. The Morgan fingerprint density at radius 2 is 2.32 bits per heavy atom. The highest BCUT2D eigenvalue weighted by Gasteiger charge is 2.05. The molecular formula is C14H16N2O2S. The second-order valence-corrected chi connectivity index (χ2v) is 5.07. The molecule has 19 heavy (non-hydrogen) atoms. The highest BCUT2D eigenvalue weighted by Crippen LogP contribution is 2.22. The molecule has 0 aliphatic carbocycles. The fraction of sp³-hybridized carbons (Fsp3) is 0.286. The van der Waals surface area contributed by atoms with Gasteiger partial charge in [-0.3, -0.25) is 4.79 Å². The van der Waals surface area contributed by atoms with Gasteiger partial charge in [0, 0.05) is 17.5 Å². The van der Waals surface area contributed by atoms with Crippen molar-refractivity contribution >= 4 is 28.1 Å². The van der Waals surface area contributed by atoms with Gasteiger partial charge < -0.3 is 10.4 Å². The zero-order valence-electron chi connectivity index (χ0n) is 10.7. The number of benzene rings is 1. The van der Waals surface area contributed by atoms with E-state index in [1.807, 2.05) is 17.5 Å². The molecule has 2 rings (SSSR count). The summed E-state index contributed by atoms with van der Waals surface area (Å²) in [5.74, 6) is -0.793. The summed E-state index contributed by atoms with van der Waals surface area (Å²) in [5.41, 5.74) is 3.10. The van der Waals surface area contributed by atoms with Crippen molar-refractivity contribution < 1.29 is 9.90 Å². The summed E-state index contributed by atoms with van der Waals surface area (Å²) >= 11 is 1.49. The Morgan fingerprint density at radius 1 is 1.47 bits per heavy atom. The fourth-order valence-corrected chi connectivity index (χ4v) is 2.47. The zero-order chi connectivity index (χ0) is 13.7. The van der Waals surface area contributed by atoms with Gasteiger partial charge in [-0.05, 0) is 24.1 Å². The third-order valence-electron chi connectivity index (χ3n) is 2.73. The number of thiazole rings is 1. The molecule has 4 nitrogen and oxygen atoms in total. The molecule has 2 N–H and O–H groups in total. The fourth-order valence-electron chi connectivity index (χ4n) is 1.71. The normalized spacial score (nSPS) is 10.4. The highest BCUT2D eigenvalue weighted by molar-refractivity contribution is 7.13. The number of carbonyl (C=O) groups is 1. The van der Waals surface area contributed by atoms with Crippen LogP contribution in [0.25, 0.3) is 0 Å². The second kappa shape index (κ2) is 6.33. The van der Waals surface area contributed by atoms with Crippen LogP contribution in [0.2, 0.25) is 0 Å². The molecule has 0 spiro atoms. The van der Waals surface area contributed by atoms with Crippen LogP contribution >= 0.6 is 11.3 Å². The molecule has 0 fully saturated rings. The zero-order valence-corrected chi connectivity index (χ0v) is 11.5. The molecule has 1 heterocycles. The first-order valence-corrected chi connectivity index (χ1v) is 7.07. The smallest absolute Gasteiger partial charge is 0.303 e. The summed E-state index contributed by atoms with van der Waals surface area (Å²) in [5, 5.41) is 14.6. The first-order chi connectivity index (χ1) is 9.17. The standard InChI is InChI=1S/C14H16N2O2S/c1-2-10-4-3-5-11(8-10)15-14-16-12(9-19-14)6-7-13(17)18/h3-5,8-9H,2,6-7H2,1H3,(H,15,16)(H,17,18). The van der Waals surface area contributed by atoms with Crippen LogP contribution in [0.15, 0.2) is 29.6 Å². The lowest BCUT2D eigenvalue weighted by molar-refractivity contribution is -0.136. The Balaban J connectivity index is 2.00. The third kappa shape index (κ3) is 4.06. The van der Waals surface area contributed by atoms with Gasteiger partial charge in [0.1, 0.15) is 0 Å². The topological polar surface area (TPSA) is 62.2 Å². The van der Waals surface area contributed by atoms with E-state index in [4.69, 9.17) is 5.11 Å². The van der Waals surface area contributed by atoms with Crippen LogP contribution < -0.4 is 5.32 Å². The molecule has 1 aromatic heterocycles. The van der Waals surface area contributed by atoms with E-state index >= 15 is 0 Å². The average Bonchev–Trinajstić information content (AvgIpc) is 2.84. The van der Waals surface area contributed by atoms with Crippen LogP contribution in [0.4, 0.5) is 10.8 Å². The molecular weight excluding hydrogens is 260 g/mol. The summed E-state index contributed by atoms with van der Waals surface area (Å²) in [6.07, 6.45) is 1.59. The Hall–Kier alpha value is -1.88. The number of nitrogens with one attached hydrogen (secondary N) is 1. The molecule has 0 saturated heterocycles. The van der Waals surface area contributed by atoms with E-state index in [0.29, 0.717) is 6.42 Å². The van der Waals surface area contributed by atoms with Crippen molar-refractivity contribution in [2.45, 2.75) is 26.2 Å². The van der Waals surface area contributed by atoms with Crippen LogP contribution in [0.5, 0.6) is 0 Å². The van der Waals surface area contributed by atoms with Crippen LogP contribution in [-0.2, 0) is 17.6 Å². The number of rotatable bonds is 6. The van der Waals surface area contributed by atoms with E-state index in [1.54, 1.807) is 0 Å². The molecule has 0 unspecified atom stereocenters. The summed E-state index contributed by atoms with van der Waals surface area (Å²) < 4.78 is 0. The van der Waals surface area contributed by atoms with Crippen molar-refractivity contribution in [1.29, 1.82) is 0 Å². The van der Waals surface area contributed by atoms with E-state index in [0.717, 1.165) is 22.9 Å². The van der Waals surface area contributed by atoms with E-state index < -0.39 is 5.97 Å². The predicted octanol–water partition coefficient (Wildman–Crippen LogP) is 3.47. The van der Waals surface area contributed by atoms with Gasteiger partial charge in [0.15, 0.2) is 5.13 Å². The van der Waals surface area contributed by atoms with Gasteiger partial charge in [-0.15, -0.1) is 11.3 Å². The molecule has 100 valence electrons. The van der Waals surface area contributed by atoms with Crippen LogP contribution in [-0.4, -0.2) is 16.1 Å². The minimum absolute atomic E-state index is 0.120. The average molecular weight is 276 g/mol. The maximum atomic E-state index is 10.5. The molecule has 0 saturated carbocycles. The lowest BCUT2D eigenvalue weighted by atomic mass is 10.1. The second-order valence-electron chi connectivity index (χ2n) is 4.22. The van der Waals surface area contributed by atoms with E-state index in [2.05, 4.69) is 29.4 Å². The number of carboxylic acids is 1. The number of aromatic nitrogens is 1. The van der Waals surface area contributed by atoms with Crippen LogP contribution in [0.1, 0.15) is 24.6 Å². The van der Waals surface area contributed by atoms with Gasteiger partial charge >= 0.3 is 5.97 Å². The van der Waals surface area contributed by atoms with Crippen molar-refractivity contribution in [1.82, 2.24) is 4.98 Å². The Morgan fingerprint density at radius 3 is 3.05 bits per heavy atom. The molecule has 0 aliphatic rings. The molecule has 1 aromatic carbocycles. The summed E-state index contributed by atoms with van der Waals surface area (Å²) in [7, 11) is 0. The van der Waals surface area contributed by atoms with Crippen molar-refractivity contribution in [2.75, 3.05) is 5.32 Å². The van der Waals surface area contributed by atoms with Crippen molar-refractivity contribution in [3.63, 3.8) is 0 Å². The van der Waals surface area contributed by atoms with Gasteiger partial charge in [0.25, 0.3) is 0 Å². The van der Waals surface area contributed by atoms with Crippen LogP contribution in [0, 0.1) is 0 Å². The van der Waals surface area contributed by atoms with Gasteiger partial charge in [-0.25, -0.2) is 4.98 Å². The summed E-state index contributed by atoms with van der Waals surface area (Å²) in [6, 6.07) is 8.20. The van der Waals surface area contributed by atoms with Gasteiger partial charge in [-0.2, -0.15) is 0 Å².